The molecule has 3 heterocycles. The summed E-state index contributed by atoms with van der Waals surface area (Å²) in [5, 5.41) is 15.1. The van der Waals surface area contributed by atoms with Crippen LogP contribution in [0.1, 0.15) is 25.6 Å². The number of rotatable bonds is 6. The summed E-state index contributed by atoms with van der Waals surface area (Å²) in [6.07, 6.45) is 7.63. The zero-order valence-corrected chi connectivity index (χ0v) is 13.8. The molecule has 0 spiro atoms. The van der Waals surface area contributed by atoms with Crippen molar-refractivity contribution in [3.05, 3.63) is 41.9 Å². The zero-order valence-electron chi connectivity index (χ0n) is 13.0. The first-order chi connectivity index (χ1) is 10.6. The lowest BCUT2D eigenvalue weighted by molar-refractivity contribution is 0.364. The monoisotopic (exact) mass is 316 g/mol. The highest BCUT2D eigenvalue weighted by atomic mass is 32.1. The average molecular weight is 316 g/mol. The second-order valence-corrected chi connectivity index (χ2v) is 6.30. The molecule has 22 heavy (non-hydrogen) atoms. The van der Waals surface area contributed by atoms with E-state index < -0.39 is 0 Å². The SMILES string of the molecule is C[C@H](NCc1csc(-c2cnn(C)c2)n1)[C@@H](C)n1cccn1. The Morgan fingerprint density at radius 3 is 2.86 bits per heavy atom. The van der Waals surface area contributed by atoms with Crippen molar-refractivity contribution in [1.29, 1.82) is 0 Å². The van der Waals surface area contributed by atoms with E-state index in [4.69, 9.17) is 0 Å². The van der Waals surface area contributed by atoms with Crippen LogP contribution in [0.15, 0.2) is 36.2 Å². The van der Waals surface area contributed by atoms with Gasteiger partial charge in [0.25, 0.3) is 0 Å². The van der Waals surface area contributed by atoms with Crippen LogP contribution in [-0.2, 0) is 13.6 Å². The molecule has 0 saturated heterocycles. The van der Waals surface area contributed by atoms with Gasteiger partial charge >= 0.3 is 0 Å². The van der Waals surface area contributed by atoms with Crippen molar-refractivity contribution in [3.8, 4) is 10.6 Å². The van der Waals surface area contributed by atoms with E-state index in [1.165, 1.54) is 0 Å². The Balaban J connectivity index is 1.59. The lowest BCUT2D eigenvalue weighted by Gasteiger charge is -2.21. The van der Waals surface area contributed by atoms with Crippen LogP contribution in [0.5, 0.6) is 0 Å². The van der Waals surface area contributed by atoms with E-state index >= 15 is 0 Å². The number of hydrogen-bond donors (Lipinski definition) is 1. The molecule has 3 aromatic rings. The zero-order chi connectivity index (χ0) is 15.5. The van der Waals surface area contributed by atoms with Crippen molar-refractivity contribution >= 4 is 11.3 Å². The minimum absolute atomic E-state index is 0.298. The van der Waals surface area contributed by atoms with Crippen LogP contribution in [0.4, 0.5) is 0 Å². The molecule has 2 atom stereocenters. The molecule has 3 rings (SSSR count). The third kappa shape index (κ3) is 3.26. The van der Waals surface area contributed by atoms with Crippen molar-refractivity contribution in [2.24, 2.45) is 7.05 Å². The van der Waals surface area contributed by atoms with E-state index in [1.807, 2.05) is 42.6 Å². The minimum Gasteiger partial charge on any atom is -0.306 e. The number of aromatic nitrogens is 5. The molecule has 0 unspecified atom stereocenters. The van der Waals surface area contributed by atoms with Gasteiger partial charge in [-0.3, -0.25) is 9.36 Å². The lowest BCUT2D eigenvalue weighted by Crippen LogP contribution is -2.33. The van der Waals surface area contributed by atoms with Crippen LogP contribution in [0.2, 0.25) is 0 Å². The number of thiazole rings is 1. The molecule has 3 aromatic heterocycles. The first-order valence-corrected chi connectivity index (χ1v) is 8.17. The summed E-state index contributed by atoms with van der Waals surface area (Å²) < 4.78 is 3.77. The molecule has 0 fully saturated rings. The van der Waals surface area contributed by atoms with Gasteiger partial charge in [0.1, 0.15) is 5.01 Å². The molecule has 0 aromatic carbocycles. The van der Waals surface area contributed by atoms with Gasteiger partial charge in [-0.05, 0) is 19.9 Å². The second-order valence-electron chi connectivity index (χ2n) is 5.44. The van der Waals surface area contributed by atoms with Gasteiger partial charge in [-0.15, -0.1) is 11.3 Å². The van der Waals surface area contributed by atoms with Gasteiger partial charge in [0, 0.05) is 49.2 Å². The maximum absolute atomic E-state index is 4.67. The van der Waals surface area contributed by atoms with Crippen molar-refractivity contribution in [2.75, 3.05) is 0 Å². The molecule has 0 aliphatic carbocycles. The Labute approximate surface area is 133 Å². The summed E-state index contributed by atoms with van der Waals surface area (Å²) in [6.45, 7) is 5.08. The van der Waals surface area contributed by atoms with Gasteiger partial charge in [0.15, 0.2) is 0 Å². The van der Waals surface area contributed by atoms with Gasteiger partial charge in [-0.25, -0.2) is 4.98 Å². The van der Waals surface area contributed by atoms with Gasteiger partial charge in [0.2, 0.25) is 0 Å². The van der Waals surface area contributed by atoms with Crippen LogP contribution in [0, 0.1) is 0 Å². The lowest BCUT2D eigenvalue weighted by atomic mass is 10.2. The highest BCUT2D eigenvalue weighted by molar-refractivity contribution is 7.13. The molecule has 0 radical (unpaired) electrons. The summed E-state index contributed by atoms with van der Waals surface area (Å²) in [5.41, 5.74) is 2.13. The van der Waals surface area contributed by atoms with Crippen molar-refractivity contribution in [1.82, 2.24) is 29.9 Å². The first kappa shape index (κ1) is 14.9. The Hall–Kier alpha value is -1.99. The number of aryl methyl sites for hydroxylation is 1. The predicted molar refractivity (Wildman–Crippen MR) is 87.6 cm³/mol. The highest BCUT2D eigenvalue weighted by Crippen LogP contribution is 2.23. The number of nitrogens with one attached hydrogen (secondary N) is 1. The van der Waals surface area contributed by atoms with Crippen molar-refractivity contribution in [2.45, 2.75) is 32.5 Å². The van der Waals surface area contributed by atoms with Crippen LogP contribution >= 0.6 is 11.3 Å². The molecule has 0 aliphatic heterocycles. The Morgan fingerprint density at radius 2 is 2.18 bits per heavy atom. The smallest absolute Gasteiger partial charge is 0.126 e. The van der Waals surface area contributed by atoms with E-state index in [0.29, 0.717) is 12.1 Å². The Kier molecular flexibility index (Phi) is 4.35. The topological polar surface area (TPSA) is 60.6 Å². The summed E-state index contributed by atoms with van der Waals surface area (Å²) in [5.74, 6) is 0. The number of nitrogens with zero attached hydrogens (tertiary/aromatic N) is 5. The highest BCUT2D eigenvalue weighted by Gasteiger charge is 2.14. The fourth-order valence-electron chi connectivity index (χ4n) is 2.24. The summed E-state index contributed by atoms with van der Waals surface area (Å²) >= 11 is 1.65. The van der Waals surface area contributed by atoms with E-state index in [-0.39, 0.29) is 0 Å². The van der Waals surface area contributed by atoms with Crippen LogP contribution in [0.25, 0.3) is 10.6 Å². The molecular formula is C15H20N6S. The maximum Gasteiger partial charge on any atom is 0.126 e. The van der Waals surface area contributed by atoms with Gasteiger partial charge < -0.3 is 5.32 Å². The molecule has 1 N–H and O–H groups in total. The molecule has 116 valence electrons. The Morgan fingerprint density at radius 1 is 1.32 bits per heavy atom. The van der Waals surface area contributed by atoms with Gasteiger partial charge in [0.05, 0.1) is 17.9 Å². The summed E-state index contributed by atoms with van der Waals surface area (Å²) in [6, 6.07) is 2.55. The molecular weight excluding hydrogens is 296 g/mol. The van der Waals surface area contributed by atoms with Crippen LogP contribution in [-0.4, -0.2) is 30.6 Å². The molecule has 6 nitrogen and oxygen atoms in total. The van der Waals surface area contributed by atoms with Gasteiger partial charge in [-0.1, -0.05) is 0 Å². The van der Waals surface area contributed by atoms with Crippen LogP contribution < -0.4 is 5.32 Å². The third-order valence-corrected chi connectivity index (χ3v) is 4.71. The quantitative estimate of drug-likeness (QED) is 0.759. The van der Waals surface area contributed by atoms with E-state index in [1.54, 1.807) is 16.0 Å². The van der Waals surface area contributed by atoms with E-state index in [9.17, 15) is 0 Å². The second kappa shape index (κ2) is 6.41. The van der Waals surface area contributed by atoms with E-state index in [0.717, 1.165) is 22.8 Å². The molecule has 0 bridgehead atoms. The molecule has 0 saturated carbocycles. The minimum atomic E-state index is 0.298. The summed E-state index contributed by atoms with van der Waals surface area (Å²) in [4.78, 5) is 4.67. The standard InChI is InChI=1S/C15H20N6S/c1-11(12(2)21-6-4-5-17-21)16-8-14-10-22-15(19-14)13-7-18-20(3)9-13/h4-7,9-12,16H,8H2,1-3H3/t11-,12+/m0/s1. The fourth-order valence-corrected chi connectivity index (χ4v) is 3.03. The fraction of sp³-hybridized carbons (Fsp3) is 0.400. The van der Waals surface area contributed by atoms with Gasteiger partial charge in [-0.2, -0.15) is 10.2 Å². The molecule has 0 aliphatic rings. The van der Waals surface area contributed by atoms with E-state index in [2.05, 4.69) is 39.7 Å². The Bertz CT molecular complexity index is 714. The average Bonchev–Trinajstić information content (AvgIpc) is 3.24. The van der Waals surface area contributed by atoms with Crippen LogP contribution in [0.3, 0.4) is 0 Å². The predicted octanol–water partition coefficient (Wildman–Crippen LogP) is 2.48. The first-order valence-electron chi connectivity index (χ1n) is 7.29. The largest absolute Gasteiger partial charge is 0.306 e. The van der Waals surface area contributed by atoms with Crippen molar-refractivity contribution < 1.29 is 0 Å². The third-order valence-electron chi connectivity index (χ3n) is 3.77. The summed E-state index contributed by atoms with van der Waals surface area (Å²) in [7, 11) is 1.91. The normalized spacial score (nSPS) is 14.1. The van der Waals surface area contributed by atoms with Crippen molar-refractivity contribution in [3.63, 3.8) is 0 Å². The number of hydrogen-bond acceptors (Lipinski definition) is 5. The maximum atomic E-state index is 4.67. The molecule has 7 heteroatoms. The molecule has 0 amide bonds.